The van der Waals surface area contributed by atoms with E-state index in [0.29, 0.717) is 24.3 Å². The molecule has 0 radical (unpaired) electrons. The van der Waals surface area contributed by atoms with Crippen molar-refractivity contribution in [3.8, 4) is 17.2 Å². The lowest BCUT2D eigenvalue weighted by Gasteiger charge is -2.59. The van der Waals surface area contributed by atoms with Crippen molar-refractivity contribution in [1.29, 1.82) is 0 Å². The van der Waals surface area contributed by atoms with Crippen LogP contribution >= 0.6 is 0 Å². The minimum atomic E-state index is -1.38. The number of allylic oxidation sites excluding steroid dienone is 1. The fourth-order valence-corrected chi connectivity index (χ4v) is 9.30. The molecule has 1 amide bonds. The molecular formula is C50H60N2O8. The van der Waals surface area contributed by atoms with Crippen molar-refractivity contribution >= 4 is 22.6 Å². The molecule has 6 atom stereocenters. The van der Waals surface area contributed by atoms with E-state index in [1.165, 1.54) is 0 Å². The third-order valence-electron chi connectivity index (χ3n) is 12.0. The van der Waals surface area contributed by atoms with Crippen LogP contribution in [0.4, 0.5) is 4.79 Å². The first-order valence-corrected chi connectivity index (χ1v) is 21.4. The lowest BCUT2D eigenvalue weighted by Crippen LogP contribution is -2.69. The number of nitrogens with zero attached hydrogens (tertiary/aromatic N) is 2. The molecule has 0 saturated heterocycles. The normalized spacial score (nSPS) is 23.8. The molecule has 1 aliphatic heterocycles. The molecule has 4 aromatic carbocycles. The van der Waals surface area contributed by atoms with Gasteiger partial charge in [-0.2, -0.15) is 0 Å². The maximum Gasteiger partial charge on any atom is 0.410 e. The van der Waals surface area contributed by atoms with E-state index in [2.05, 4.69) is 36.9 Å². The number of amides is 1. The van der Waals surface area contributed by atoms with Gasteiger partial charge in [-0.25, -0.2) is 4.79 Å². The number of aliphatic hydroxyl groups excluding tert-OH is 2. The summed E-state index contributed by atoms with van der Waals surface area (Å²) in [6.45, 7) is 10.4. The monoisotopic (exact) mass is 816 g/mol. The number of hydrogen-bond donors (Lipinski definition) is 2. The van der Waals surface area contributed by atoms with Crippen LogP contribution in [0.3, 0.4) is 0 Å². The second kappa shape index (κ2) is 19.0. The van der Waals surface area contributed by atoms with E-state index in [9.17, 15) is 15.0 Å². The summed E-state index contributed by atoms with van der Waals surface area (Å²) in [4.78, 5) is 22.0. The summed E-state index contributed by atoms with van der Waals surface area (Å²) in [5.41, 5.74) is 2.97. The Hall–Kier alpha value is -5.16. The van der Waals surface area contributed by atoms with Crippen molar-refractivity contribution in [2.45, 2.75) is 95.7 Å². The molecule has 6 unspecified atom stereocenters. The molecule has 4 aromatic rings. The fourth-order valence-electron chi connectivity index (χ4n) is 9.30. The number of rotatable bonds is 17. The summed E-state index contributed by atoms with van der Waals surface area (Å²) in [5.74, 6) is 0.210. The molecule has 10 nitrogen and oxygen atoms in total. The van der Waals surface area contributed by atoms with Gasteiger partial charge in [0.05, 0.1) is 18.2 Å². The number of oxime groups is 1. The van der Waals surface area contributed by atoms with Crippen LogP contribution in [-0.2, 0) is 20.9 Å². The topological polar surface area (TPSA) is 119 Å². The number of fused-ring (bicyclic) bond motifs is 3. The summed E-state index contributed by atoms with van der Waals surface area (Å²) in [5, 5.41) is 26.9. The number of ether oxygens (including phenoxy) is 4. The van der Waals surface area contributed by atoms with E-state index in [1.807, 2.05) is 87.5 Å². The molecule has 1 heterocycles. The first-order chi connectivity index (χ1) is 29.0. The number of carbonyl (C=O) groups is 1. The summed E-state index contributed by atoms with van der Waals surface area (Å²) < 4.78 is 26.9. The van der Waals surface area contributed by atoms with Gasteiger partial charge in [-0.1, -0.05) is 90.8 Å². The molecule has 1 fully saturated rings. The minimum absolute atomic E-state index is 0.0770. The maximum atomic E-state index is 14.2. The van der Waals surface area contributed by atoms with Crippen LogP contribution in [0.15, 0.2) is 120 Å². The summed E-state index contributed by atoms with van der Waals surface area (Å²) in [6, 6.07) is 29.2. The van der Waals surface area contributed by atoms with Crippen LogP contribution in [0, 0.1) is 17.8 Å². The van der Waals surface area contributed by atoms with Crippen molar-refractivity contribution in [3.05, 3.63) is 126 Å². The molecule has 0 spiro atoms. The van der Waals surface area contributed by atoms with Crippen LogP contribution < -0.4 is 9.47 Å². The number of aliphatic hydroxyl groups is 2. The average molecular weight is 817 g/mol. The Morgan fingerprint density at radius 2 is 1.62 bits per heavy atom. The third-order valence-corrected chi connectivity index (χ3v) is 12.0. The van der Waals surface area contributed by atoms with Crippen molar-refractivity contribution in [2.24, 2.45) is 22.9 Å². The molecular weight excluding hydrogens is 757 g/mol. The zero-order valence-electron chi connectivity index (χ0n) is 35.4. The highest BCUT2D eigenvalue weighted by atomic mass is 16.7. The second-order valence-electron chi connectivity index (χ2n) is 17.2. The summed E-state index contributed by atoms with van der Waals surface area (Å²) >= 11 is 0. The number of hydrogen-bond acceptors (Lipinski definition) is 9. The Morgan fingerprint density at radius 1 is 0.917 bits per heavy atom. The Morgan fingerprint density at radius 3 is 2.35 bits per heavy atom. The summed E-state index contributed by atoms with van der Waals surface area (Å²) in [6.07, 6.45) is 8.51. The molecule has 3 aliphatic rings. The zero-order chi connectivity index (χ0) is 42.3. The SMILES string of the molecule is C=CCOC12Oc3ccc(Oc4ccc5ccccc5c4)cc3C3C(CCCCO)C(CCCCO)C=C(C(=NOC(C)(C)C)CC1N(C)C(=O)OCc1ccccc1)C32. The molecule has 10 heteroatoms. The van der Waals surface area contributed by atoms with Gasteiger partial charge >= 0.3 is 6.09 Å². The highest BCUT2D eigenvalue weighted by Gasteiger charge is 2.65. The van der Waals surface area contributed by atoms with Gasteiger partial charge in [0.1, 0.15) is 35.5 Å². The first kappa shape index (κ1) is 42.9. The highest BCUT2D eigenvalue weighted by molar-refractivity contribution is 6.03. The van der Waals surface area contributed by atoms with Gasteiger partial charge in [0.25, 0.3) is 0 Å². The predicted octanol–water partition coefficient (Wildman–Crippen LogP) is 10.3. The molecule has 2 aliphatic carbocycles. The van der Waals surface area contributed by atoms with E-state index in [-0.39, 0.29) is 50.6 Å². The largest absolute Gasteiger partial charge is 0.459 e. The smallest absolute Gasteiger partial charge is 0.410 e. The van der Waals surface area contributed by atoms with Crippen LogP contribution in [0.5, 0.6) is 17.2 Å². The second-order valence-corrected chi connectivity index (χ2v) is 17.2. The van der Waals surface area contributed by atoms with Crippen molar-refractivity contribution < 1.29 is 38.8 Å². The highest BCUT2D eigenvalue weighted by Crippen LogP contribution is 2.62. The lowest BCUT2D eigenvalue weighted by molar-refractivity contribution is -0.253. The summed E-state index contributed by atoms with van der Waals surface area (Å²) in [7, 11) is 1.74. The molecule has 7 rings (SSSR count). The molecule has 60 heavy (non-hydrogen) atoms. The quantitative estimate of drug-likeness (QED) is 0.0614. The Labute approximate surface area is 354 Å². The van der Waals surface area contributed by atoms with Gasteiger partial charge in [0.15, 0.2) is 0 Å². The van der Waals surface area contributed by atoms with E-state index >= 15 is 0 Å². The van der Waals surface area contributed by atoms with Crippen LogP contribution in [0.2, 0.25) is 0 Å². The minimum Gasteiger partial charge on any atom is -0.459 e. The Kier molecular flexibility index (Phi) is 13.6. The van der Waals surface area contributed by atoms with Crippen molar-refractivity contribution in [2.75, 3.05) is 26.9 Å². The van der Waals surface area contributed by atoms with Gasteiger partial charge in [0, 0.05) is 38.2 Å². The van der Waals surface area contributed by atoms with Crippen LogP contribution in [0.1, 0.15) is 82.8 Å². The van der Waals surface area contributed by atoms with Crippen molar-refractivity contribution in [1.82, 2.24) is 4.90 Å². The average Bonchev–Trinajstić information content (AvgIpc) is 3.25. The zero-order valence-corrected chi connectivity index (χ0v) is 35.4. The number of benzene rings is 4. The van der Waals surface area contributed by atoms with E-state index < -0.39 is 29.4 Å². The van der Waals surface area contributed by atoms with E-state index in [1.54, 1.807) is 18.0 Å². The van der Waals surface area contributed by atoms with Crippen LogP contribution in [0.25, 0.3) is 10.8 Å². The standard InChI is InChI=1S/C50H60N2O8/c1-6-28-57-50-45(52(5)48(55)56-33-34-16-8-7-9-17-34)32-43(51-60-49(2,3)4)41-30-37(20-12-14-26-53)40(21-13-15-27-54)46(47(41)50)42-31-39(24-25-44(42)59-50)58-38-23-22-35-18-10-11-19-36(35)29-38/h6-11,16-19,22-25,29-31,37,40,45-47,53-54H,1,12-15,20-21,26-28,32-33H2,2-5H3. The molecule has 1 saturated carbocycles. The lowest BCUT2D eigenvalue weighted by atomic mass is 9.55. The van der Waals surface area contributed by atoms with Gasteiger partial charge in [-0.15, -0.1) is 6.58 Å². The van der Waals surface area contributed by atoms with E-state index in [4.69, 9.17) is 28.9 Å². The van der Waals surface area contributed by atoms with Gasteiger partial charge in [0.2, 0.25) is 5.79 Å². The molecule has 0 bridgehead atoms. The van der Waals surface area contributed by atoms with Gasteiger partial charge in [-0.3, -0.25) is 0 Å². The van der Waals surface area contributed by atoms with Gasteiger partial charge < -0.3 is 38.9 Å². The maximum absolute atomic E-state index is 14.2. The number of carbonyl (C=O) groups excluding carboxylic acids is 1. The predicted molar refractivity (Wildman–Crippen MR) is 234 cm³/mol. The fraction of sp³-hybridized carbons (Fsp3) is 0.440. The molecule has 2 N–H and O–H groups in total. The third kappa shape index (κ3) is 9.41. The first-order valence-electron chi connectivity index (χ1n) is 21.4. The van der Waals surface area contributed by atoms with Crippen LogP contribution in [-0.4, -0.2) is 71.2 Å². The molecule has 318 valence electrons. The van der Waals surface area contributed by atoms with Crippen molar-refractivity contribution in [3.63, 3.8) is 0 Å². The van der Waals surface area contributed by atoms with E-state index in [0.717, 1.165) is 64.6 Å². The van der Waals surface area contributed by atoms with Gasteiger partial charge in [-0.05, 0) is 111 Å². The number of unbranched alkanes of at least 4 members (excludes halogenated alkanes) is 2. The molecule has 0 aromatic heterocycles. The number of likely N-dealkylation sites (N-methyl/N-ethyl adjacent to an activating group) is 1. The Bertz CT molecular complexity index is 2160. The Balaban J connectivity index is 1.39.